The number of H-pyrrole nitrogens is 1. The van der Waals surface area contributed by atoms with Crippen LogP contribution in [-0.4, -0.2) is 44.7 Å². The van der Waals surface area contributed by atoms with Crippen LogP contribution in [0.4, 0.5) is 0 Å². The first kappa shape index (κ1) is 24.9. The molecule has 1 aliphatic carbocycles. The van der Waals surface area contributed by atoms with Gasteiger partial charge in [-0.25, -0.2) is 15.0 Å². The average Bonchev–Trinajstić information content (AvgIpc) is 3.31. The molecule has 6 rings (SSSR count). The normalized spacial score (nSPS) is 18.0. The zero-order valence-electron chi connectivity index (χ0n) is 21.0. The molecule has 0 bridgehead atoms. The molecule has 3 aliphatic rings. The number of ether oxygens (including phenoxy) is 1. The van der Waals surface area contributed by atoms with Crippen molar-refractivity contribution in [2.75, 3.05) is 13.1 Å². The number of thiazole rings is 1. The minimum absolute atomic E-state index is 0.0398. The Hall–Kier alpha value is -3.78. The highest BCUT2D eigenvalue weighted by atomic mass is 32.1. The fourth-order valence-electron chi connectivity index (χ4n) is 4.70. The van der Waals surface area contributed by atoms with Crippen LogP contribution in [0.15, 0.2) is 89.4 Å². The second kappa shape index (κ2) is 11.1. The molecule has 0 saturated heterocycles. The molecule has 2 aromatic heterocycles. The van der Waals surface area contributed by atoms with E-state index in [1.165, 1.54) is 4.70 Å². The summed E-state index contributed by atoms with van der Waals surface area (Å²) in [6, 6.07) is 8.13. The van der Waals surface area contributed by atoms with Gasteiger partial charge in [0.05, 0.1) is 46.5 Å². The predicted octanol–water partition coefficient (Wildman–Crippen LogP) is 5.86. The van der Waals surface area contributed by atoms with Crippen LogP contribution in [0.3, 0.4) is 0 Å². The fraction of sp³-hybridized carbons (Fsp3) is 0.310. The van der Waals surface area contributed by atoms with Gasteiger partial charge in [-0.3, -0.25) is 4.79 Å². The van der Waals surface area contributed by atoms with Crippen LogP contribution in [-0.2, 0) is 21.5 Å². The molecule has 2 aliphatic heterocycles. The van der Waals surface area contributed by atoms with Gasteiger partial charge in [0.25, 0.3) is 5.91 Å². The van der Waals surface area contributed by atoms with E-state index in [-0.39, 0.29) is 11.3 Å². The lowest BCUT2D eigenvalue weighted by molar-refractivity contribution is -0.131. The monoisotopic (exact) mass is 513 g/mol. The molecule has 1 amide bonds. The highest BCUT2D eigenvalue weighted by Gasteiger charge is 2.52. The van der Waals surface area contributed by atoms with Crippen molar-refractivity contribution in [1.29, 1.82) is 0 Å². The summed E-state index contributed by atoms with van der Waals surface area (Å²) in [7, 11) is 0. The minimum Gasteiger partial charge on any atom is -0.434 e. The second-order valence-corrected chi connectivity index (χ2v) is 10.3. The molecule has 1 aromatic carbocycles. The molecule has 8 heteroatoms. The Bertz CT molecular complexity index is 1380. The first-order valence-corrected chi connectivity index (χ1v) is 13.5. The van der Waals surface area contributed by atoms with Gasteiger partial charge in [0.1, 0.15) is 0 Å². The summed E-state index contributed by atoms with van der Waals surface area (Å²) in [6.45, 7) is 7.51. The molecule has 37 heavy (non-hydrogen) atoms. The summed E-state index contributed by atoms with van der Waals surface area (Å²) in [5.74, 6) is 0.844. The van der Waals surface area contributed by atoms with Crippen LogP contribution in [0.5, 0.6) is 0 Å². The van der Waals surface area contributed by atoms with Gasteiger partial charge >= 0.3 is 0 Å². The van der Waals surface area contributed by atoms with Crippen LogP contribution in [0, 0.1) is 0 Å². The lowest BCUT2D eigenvalue weighted by Crippen LogP contribution is -2.43. The van der Waals surface area contributed by atoms with Crippen LogP contribution < -0.4 is 0 Å². The first-order chi connectivity index (χ1) is 18.1. The lowest BCUT2D eigenvalue weighted by Gasteiger charge is -2.33. The van der Waals surface area contributed by atoms with Gasteiger partial charge in [0, 0.05) is 17.5 Å². The number of allylic oxidation sites excluding steroid dienone is 4. The summed E-state index contributed by atoms with van der Waals surface area (Å²) in [5, 5.41) is 0. The van der Waals surface area contributed by atoms with E-state index in [4.69, 9.17) is 4.74 Å². The van der Waals surface area contributed by atoms with Crippen molar-refractivity contribution in [2.24, 2.45) is 4.99 Å². The van der Waals surface area contributed by atoms with Gasteiger partial charge in [-0.2, -0.15) is 0 Å². The van der Waals surface area contributed by atoms with Crippen molar-refractivity contribution in [3.63, 3.8) is 0 Å². The number of benzene rings is 1. The average molecular weight is 514 g/mol. The highest BCUT2D eigenvalue weighted by Crippen LogP contribution is 2.51. The number of nitrogens with one attached hydrogen (secondary N) is 1. The summed E-state index contributed by atoms with van der Waals surface area (Å²) >= 11 is 1.68. The Morgan fingerprint density at radius 2 is 2.14 bits per heavy atom. The lowest BCUT2D eigenvalue weighted by atomic mass is 9.95. The maximum atomic E-state index is 13.2. The maximum Gasteiger partial charge on any atom is 0.289 e. The third kappa shape index (κ3) is 5.49. The van der Waals surface area contributed by atoms with Crippen molar-refractivity contribution in [2.45, 2.75) is 44.6 Å². The number of aromatic nitrogens is 3. The van der Waals surface area contributed by atoms with Gasteiger partial charge in [0.15, 0.2) is 5.76 Å². The largest absolute Gasteiger partial charge is 0.434 e. The Balaban J connectivity index is 0.000000260. The summed E-state index contributed by atoms with van der Waals surface area (Å²) in [6.07, 6.45) is 15.0. The number of para-hydroxylation sites is 1. The van der Waals surface area contributed by atoms with Gasteiger partial charge in [-0.05, 0) is 37.5 Å². The van der Waals surface area contributed by atoms with Crippen LogP contribution >= 0.6 is 11.3 Å². The van der Waals surface area contributed by atoms with E-state index in [2.05, 4.69) is 39.5 Å². The number of fused-ring (bicyclic) bond motifs is 3. The van der Waals surface area contributed by atoms with Crippen LogP contribution in [0.1, 0.15) is 44.0 Å². The third-order valence-electron chi connectivity index (χ3n) is 6.71. The molecule has 4 heterocycles. The van der Waals surface area contributed by atoms with Gasteiger partial charge in [-0.1, -0.05) is 56.4 Å². The third-order valence-corrected chi connectivity index (χ3v) is 7.52. The summed E-state index contributed by atoms with van der Waals surface area (Å²) in [5.41, 5.74) is 6.18. The predicted molar refractivity (Wildman–Crippen MR) is 148 cm³/mol. The molecule has 1 saturated carbocycles. The molecular weight excluding hydrogens is 482 g/mol. The SMILES string of the molecule is C=C/C=C\C=C(/CCC)C1=NCC=C(C(=O)N2Cc3[nH]cnc3C3(CC3)C2)O1.c1ccc2scnc2c1. The standard InChI is InChI=1S/C22H26N4O2.C7H5NS/c1-3-5-6-8-16(7-4-2)20-23-12-9-18(28-20)21(27)26-13-17-19(25-15-24-17)22(14-26)10-11-22;1-2-4-7-6(3-1)8-5-9-7/h3,5-6,8-9,15H,1,4,7,10-14H2,2H3,(H,24,25);1-5H/b6-5-,16-8+;. The van der Waals surface area contributed by atoms with E-state index in [1.807, 2.05) is 46.8 Å². The van der Waals surface area contributed by atoms with Gasteiger partial charge in [-0.15, -0.1) is 11.3 Å². The quantitative estimate of drug-likeness (QED) is 0.419. The molecule has 0 radical (unpaired) electrons. The molecule has 1 N–H and O–H groups in total. The number of aromatic amines is 1. The molecule has 1 fully saturated rings. The Labute approximate surface area is 221 Å². The molecule has 1 spiro atoms. The maximum absolute atomic E-state index is 13.2. The number of carbonyl (C=O) groups is 1. The number of nitrogens with zero attached hydrogens (tertiary/aromatic N) is 4. The smallest absolute Gasteiger partial charge is 0.289 e. The van der Waals surface area contributed by atoms with Crippen LogP contribution in [0.2, 0.25) is 0 Å². The van der Waals surface area contributed by atoms with Crippen molar-refractivity contribution in [3.05, 3.63) is 95.8 Å². The zero-order chi connectivity index (χ0) is 25.7. The summed E-state index contributed by atoms with van der Waals surface area (Å²) < 4.78 is 7.23. The van der Waals surface area contributed by atoms with Crippen molar-refractivity contribution < 1.29 is 9.53 Å². The molecule has 0 unspecified atom stereocenters. The van der Waals surface area contributed by atoms with E-state index >= 15 is 0 Å². The number of rotatable bonds is 6. The Kier molecular flexibility index (Phi) is 7.46. The number of hydrogen-bond donors (Lipinski definition) is 1. The first-order valence-electron chi connectivity index (χ1n) is 12.6. The number of amides is 1. The molecule has 7 nitrogen and oxygen atoms in total. The second-order valence-electron chi connectivity index (χ2n) is 9.37. The van der Waals surface area contributed by atoms with E-state index < -0.39 is 0 Å². The van der Waals surface area contributed by atoms with E-state index in [9.17, 15) is 4.79 Å². The molecule has 0 atom stereocenters. The molecular formula is C29H31N5O2S. The molecule has 190 valence electrons. The fourth-order valence-corrected chi connectivity index (χ4v) is 5.38. The number of carbonyl (C=O) groups excluding carboxylic acids is 1. The van der Waals surface area contributed by atoms with Crippen molar-refractivity contribution in [1.82, 2.24) is 19.9 Å². The van der Waals surface area contributed by atoms with E-state index in [0.29, 0.717) is 31.3 Å². The Morgan fingerprint density at radius 1 is 1.27 bits per heavy atom. The van der Waals surface area contributed by atoms with E-state index in [0.717, 1.165) is 48.2 Å². The number of imidazole rings is 1. The number of aliphatic imine (C=N–C) groups is 1. The van der Waals surface area contributed by atoms with Gasteiger partial charge < -0.3 is 14.6 Å². The Morgan fingerprint density at radius 3 is 2.92 bits per heavy atom. The minimum atomic E-state index is -0.0728. The highest BCUT2D eigenvalue weighted by molar-refractivity contribution is 7.16. The zero-order valence-corrected chi connectivity index (χ0v) is 21.8. The van der Waals surface area contributed by atoms with Gasteiger partial charge in [0.2, 0.25) is 5.90 Å². The summed E-state index contributed by atoms with van der Waals surface area (Å²) in [4.78, 5) is 31.4. The van der Waals surface area contributed by atoms with Crippen molar-refractivity contribution >= 4 is 33.4 Å². The topological polar surface area (TPSA) is 83.5 Å². The van der Waals surface area contributed by atoms with Crippen LogP contribution in [0.25, 0.3) is 10.2 Å². The van der Waals surface area contributed by atoms with Crippen molar-refractivity contribution in [3.8, 4) is 0 Å². The van der Waals surface area contributed by atoms with E-state index in [1.54, 1.807) is 29.8 Å². The number of hydrogen-bond acceptors (Lipinski definition) is 6. The molecule has 3 aromatic rings.